The number of nitrogens with one attached hydrogen (secondary N) is 1. The van der Waals surface area contributed by atoms with E-state index in [-0.39, 0.29) is 12.5 Å². The molecule has 0 aromatic carbocycles. The molecule has 1 heterocycles. The van der Waals surface area contributed by atoms with Crippen molar-refractivity contribution >= 4 is 23.8 Å². The van der Waals surface area contributed by atoms with Gasteiger partial charge >= 0.3 is 17.9 Å². The van der Waals surface area contributed by atoms with Crippen LogP contribution >= 0.6 is 7.59 Å². The summed E-state index contributed by atoms with van der Waals surface area (Å²) >= 11 is 0. The maximum absolute atomic E-state index is 11.8. The van der Waals surface area contributed by atoms with E-state index in [1.807, 2.05) is 0 Å². The van der Waals surface area contributed by atoms with Crippen LogP contribution in [0.15, 0.2) is 0 Å². The van der Waals surface area contributed by atoms with Crippen molar-refractivity contribution in [2.24, 2.45) is 11.4 Å². The topological polar surface area (TPSA) is 130 Å². The summed E-state index contributed by atoms with van der Waals surface area (Å²) in [7, 11) is -8.79. The van der Waals surface area contributed by atoms with Gasteiger partial charge in [-0.1, -0.05) is 6.92 Å². The van der Waals surface area contributed by atoms with Crippen molar-refractivity contribution in [3.05, 3.63) is 0 Å². The highest BCUT2D eigenvalue weighted by atomic mass is 32.2. The van der Waals surface area contributed by atoms with E-state index in [9.17, 15) is 17.8 Å². The standard InChI is InChI=1S/C6H14N3O5PS/c1-5-3-2-4-9(6(5)10)15(7,11)8-16(12,13)14/h5H,2-4H2,1H3,(H3,7,8,11)(H,12,13,14). The zero-order valence-corrected chi connectivity index (χ0v) is 10.4. The molecule has 0 radical (unpaired) electrons. The van der Waals surface area contributed by atoms with Crippen LogP contribution in [-0.4, -0.2) is 30.1 Å². The molecule has 0 aliphatic carbocycles. The lowest BCUT2D eigenvalue weighted by Crippen LogP contribution is -2.44. The average Bonchev–Trinajstić information content (AvgIpc) is 2.05. The third kappa shape index (κ3) is 3.26. The van der Waals surface area contributed by atoms with E-state index in [0.29, 0.717) is 12.8 Å². The van der Waals surface area contributed by atoms with Gasteiger partial charge in [0.05, 0.1) is 0 Å². The molecule has 94 valence electrons. The van der Waals surface area contributed by atoms with Gasteiger partial charge in [-0.25, -0.2) is 0 Å². The monoisotopic (exact) mass is 271 g/mol. The molecule has 0 saturated carbocycles. The summed E-state index contributed by atoms with van der Waals surface area (Å²) in [5.74, 6) is -0.831. The second kappa shape index (κ2) is 4.42. The molecule has 1 aliphatic heterocycles. The van der Waals surface area contributed by atoms with Gasteiger partial charge in [-0.05, 0) is 12.8 Å². The van der Waals surface area contributed by atoms with Crippen LogP contribution in [0.5, 0.6) is 0 Å². The summed E-state index contributed by atoms with van der Waals surface area (Å²) in [6.45, 7) is 1.75. The molecule has 0 aromatic rings. The van der Waals surface area contributed by atoms with Crippen molar-refractivity contribution in [3.8, 4) is 0 Å². The van der Waals surface area contributed by atoms with E-state index < -0.39 is 23.8 Å². The highest BCUT2D eigenvalue weighted by molar-refractivity contribution is 7.90. The predicted molar refractivity (Wildman–Crippen MR) is 56.6 cm³/mol. The van der Waals surface area contributed by atoms with Crippen LogP contribution in [0.3, 0.4) is 0 Å². The second-order valence-electron chi connectivity index (χ2n) is 3.69. The molecule has 1 fully saturated rings. The quantitative estimate of drug-likeness (QED) is 0.477. The summed E-state index contributed by atoms with van der Waals surface area (Å²) in [6, 6.07) is 0. The minimum absolute atomic E-state index is 0.111. The van der Waals surface area contributed by atoms with Gasteiger partial charge in [0.25, 0.3) is 0 Å². The Morgan fingerprint density at radius 2 is 2.19 bits per heavy atom. The molecule has 2 unspecified atom stereocenters. The number of nitrogens with zero attached hydrogens (tertiary/aromatic N) is 1. The van der Waals surface area contributed by atoms with Crippen LogP contribution in [-0.2, 0) is 19.7 Å². The molecule has 4 N–H and O–H groups in total. The highest BCUT2D eigenvalue weighted by Crippen LogP contribution is 2.41. The van der Waals surface area contributed by atoms with Crippen LogP contribution in [0.4, 0.5) is 0 Å². The van der Waals surface area contributed by atoms with Crippen molar-refractivity contribution in [3.63, 3.8) is 0 Å². The van der Waals surface area contributed by atoms with Crippen LogP contribution < -0.4 is 10.00 Å². The number of nitrogens with two attached hydrogens (primary N) is 1. The molecule has 10 heteroatoms. The normalized spacial score (nSPS) is 26.6. The van der Waals surface area contributed by atoms with Gasteiger partial charge in [-0.2, -0.15) is 8.42 Å². The average molecular weight is 271 g/mol. The SMILES string of the molecule is CC1CCCN(P(N)(=O)NS(=O)(=O)O)C1=O. The number of piperidine rings is 1. The fourth-order valence-electron chi connectivity index (χ4n) is 1.54. The van der Waals surface area contributed by atoms with Gasteiger partial charge < -0.3 is 0 Å². The molecule has 0 aromatic heterocycles. The van der Waals surface area contributed by atoms with E-state index in [0.717, 1.165) is 4.67 Å². The Hall–Kier alpha value is -0.470. The molecular weight excluding hydrogens is 257 g/mol. The third-order valence-electron chi connectivity index (χ3n) is 2.29. The number of rotatable bonds is 3. The second-order valence-corrected chi connectivity index (χ2v) is 7.10. The molecule has 1 rings (SSSR count). The molecule has 16 heavy (non-hydrogen) atoms. The molecule has 1 aliphatic rings. The Balaban J connectivity index is 2.91. The highest BCUT2D eigenvalue weighted by Gasteiger charge is 2.38. The van der Waals surface area contributed by atoms with Crippen LogP contribution in [0, 0.1) is 5.92 Å². The summed E-state index contributed by atoms with van der Waals surface area (Å²) in [4.78, 5) is 11.6. The van der Waals surface area contributed by atoms with Crippen molar-refractivity contribution in [2.75, 3.05) is 6.54 Å². The zero-order chi connectivity index (χ0) is 12.6. The van der Waals surface area contributed by atoms with E-state index >= 15 is 0 Å². The summed E-state index contributed by atoms with van der Waals surface area (Å²) in [6.07, 6.45) is 1.22. The Bertz CT molecular complexity index is 435. The van der Waals surface area contributed by atoms with Gasteiger partial charge in [-0.15, -0.1) is 4.49 Å². The number of hydrogen-bond acceptors (Lipinski definition) is 4. The van der Waals surface area contributed by atoms with Crippen molar-refractivity contribution in [2.45, 2.75) is 19.8 Å². The first-order valence-corrected chi connectivity index (χ1v) is 7.77. The smallest absolute Gasteiger partial charge is 0.274 e. The minimum Gasteiger partial charge on any atom is -0.274 e. The fourth-order valence-corrected chi connectivity index (χ4v) is 4.19. The number of amides is 1. The van der Waals surface area contributed by atoms with E-state index in [1.54, 1.807) is 6.92 Å². The van der Waals surface area contributed by atoms with E-state index in [1.165, 1.54) is 4.49 Å². The Morgan fingerprint density at radius 1 is 1.62 bits per heavy atom. The first-order valence-electron chi connectivity index (χ1n) is 4.60. The summed E-state index contributed by atoms with van der Waals surface area (Å²) in [5, 5.41) is 0. The summed E-state index contributed by atoms with van der Waals surface area (Å²) < 4.78 is 43.5. The number of carbonyl (C=O) groups is 1. The number of hydrogen-bond donors (Lipinski definition) is 3. The number of carbonyl (C=O) groups excluding carboxylic acids is 1. The van der Waals surface area contributed by atoms with Gasteiger partial charge in [0.15, 0.2) is 0 Å². The van der Waals surface area contributed by atoms with Crippen LogP contribution in [0.1, 0.15) is 19.8 Å². The van der Waals surface area contributed by atoms with Gasteiger partial charge in [0.2, 0.25) is 5.91 Å². The van der Waals surface area contributed by atoms with Crippen molar-refractivity contribution in [1.29, 1.82) is 0 Å². The third-order valence-corrected chi connectivity index (χ3v) is 5.37. The molecule has 1 saturated heterocycles. The van der Waals surface area contributed by atoms with E-state index in [4.69, 9.17) is 10.1 Å². The largest absolute Gasteiger partial charge is 0.341 e. The Labute approximate surface area is 93.6 Å². The molecule has 1 amide bonds. The lowest BCUT2D eigenvalue weighted by atomic mass is 10.0. The van der Waals surface area contributed by atoms with Crippen LogP contribution in [0.25, 0.3) is 0 Å². The predicted octanol–water partition coefficient (Wildman–Crippen LogP) is -0.296. The van der Waals surface area contributed by atoms with E-state index in [2.05, 4.69) is 0 Å². The van der Waals surface area contributed by atoms with Gasteiger partial charge in [0, 0.05) is 12.5 Å². The molecular formula is C6H14N3O5PS. The first kappa shape index (κ1) is 13.6. The first-order chi connectivity index (χ1) is 7.13. The summed E-state index contributed by atoms with van der Waals surface area (Å²) in [5.41, 5.74) is 5.24. The lowest BCUT2D eigenvalue weighted by Gasteiger charge is -2.33. The minimum atomic E-state index is -4.70. The van der Waals surface area contributed by atoms with Crippen molar-refractivity contribution < 1.29 is 22.3 Å². The van der Waals surface area contributed by atoms with Crippen LogP contribution in [0.2, 0.25) is 0 Å². The molecule has 8 nitrogen and oxygen atoms in total. The Morgan fingerprint density at radius 3 is 2.69 bits per heavy atom. The molecule has 0 spiro atoms. The molecule has 2 atom stereocenters. The fraction of sp³-hybridized carbons (Fsp3) is 0.833. The van der Waals surface area contributed by atoms with Crippen molar-refractivity contribution in [1.82, 2.24) is 9.16 Å². The Kier molecular flexibility index (Phi) is 3.76. The van der Waals surface area contributed by atoms with Gasteiger partial charge in [0.1, 0.15) is 0 Å². The lowest BCUT2D eigenvalue weighted by molar-refractivity contribution is -0.132. The zero-order valence-electron chi connectivity index (χ0n) is 8.66. The maximum Gasteiger partial charge on any atom is 0.341 e. The maximum atomic E-state index is 11.8. The van der Waals surface area contributed by atoms with Gasteiger partial charge in [-0.3, -0.25) is 24.1 Å². The molecule has 0 bridgehead atoms.